The van der Waals surface area contributed by atoms with Gasteiger partial charge in [0.15, 0.2) is 11.5 Å². The van der Waals surface area contributed by atoms with Crippen molar-refractivity contribution >= 4 is 5.57 Å². The van der Waals surface area contributed by atoms with Gasteiger partial charge in [0, 0.05) is 0 Å². The number of fused-ring (bicyclic) bond motifs is 1. The normalized spacial score (nSPS) is 12.3. The lowest BCUT2D eigenvalue weighted by Crippen LogP contribution is -2.02. The van der Waals surface area contributed by atoms with Gasteiger partial charge in [-0.1, -0.05) is 72.8 Å². The van der Waals surface area contributed by atoms with Gasteiger partial charge in [-0.25, -0.2) is 0 Å². The van der Waals surface area contributed by atoms with Crippen molar-refractivity contribution in [2.24, 2.45) is 0 Å². The minimum atomic E-state index is 0.534. The average Bonchev–Trinajstić information content (AvgIpc) is 3.02. The standard InChI is InChI=1S/C21H16O2/c1-15-9-8-14-18-20(15)23-21(22-18)19(16-10-4-2-5-11-16)17-12-6-3-7-13-17/h2-14H,1H3. The summed E-state index contributed by atoms with van der Waals surface area (Å²) in [7, 11) is 0. The first kappa shape index (κ1) is 13.6. The van der Waals surface area contributed by atoms with Crippen molar-refractivity contribution in [2.75, 3.05) is 0 Å². The van der Waals surface area contributed by atoms with E-state index in [1.165, 1.54) is 0 Å². The monoisotopic (exact) mass is 300 g/mol. The molecule has 0 saturated heterocycles. The third-order valence-corrected chi connectivity index (χ3v) is 3.90. The summed E-state index contributed by atoms with van der Waals surface area (Å²) in [5, 5.41) is 0. The third-order valence-electron chi connectivity index (χ3n) is 3.90. The van der Waals surface area contributed by atoms with Crippen molar-refractivity contribution in [2.45, 2.75) is 6.92 Å². The molecule has 0 aromatic heterocycles. The Bertz CT molecular complexity index is 823. The van der Waals surface area contributed by atoms with E-state index >= 15 is 0 Å². The molecular formula is C21H16O2. The molecule has 0 amide bonds. The van der Waals surface area contributed by atoms with Crippen LogP contribution in [0, 0.1) is 6.92 Å². The lowest BCUT2D eigenvalue weighted by molar-refractivity contribution is 0.290. The number of hydrogen-bond acceptors (Lipinski definition) is 2. The van der Waals surface area contributed by atoms with Gasteiger partial charge in [-0.2, -0.15) is 0 Å². The fourth-order valence-electron chi connectivity index (χ4n) is 2.76. The molecule has 0 N–H and O–H groups in total. The summed E-state index contributed by atoms with van der Waals surface area (Å²) in [5.41, 5.74) is 4.16. The molecule has 3 aromatic rings. The van der Waals surface area contributed by atoms with Crippen LogP contribution >= 0.6 is 0 Å². The molecule has 0 fully saturated rings. The average molecular weight is 300 g/mol. The first-order valence-electron chi connectivity index (χ1n) is 7.63. The molecule has 2 heteroatoms. The van der Waals surface area contributed by atoms with Crippen LogP contribution in [0.15, 0.2) is 84.8 Å². The van der Waals surface area contributed by atoms with Crippen LogP contribution in [0.2, 0.25) is 0 Å². The van der Waals surface area contributed by atoms with Gasteiger partial charge in [0.05, 0.1) is 5.57 Å². The molecule has 0 aliphatic carbocycles. The highest BCUT2D eigenvalue weighted by Gasteiger charge is 2.25. The van der Waals surface area contributed by atoms with Gasteiger partial charge < -0.3 is 9.47 Å². The highest BCUT2D eigenvalue weighted by molar-refractivity contribution is 5.81. The Morgan fingerprint density at radius 3 is 1.83 bits per heavy atom. The molecule has 1 heterocycles. The predicted octanol–water partition coefficient (Wildman–Crippen LogP) is 5.18. The summed E-state index contributed by atoms with van der Waals surface area (Å²) in [5.74, 6) is 2.10. The smallest absolute Gasteiger partial charge is 0.299 e. The summed E-state index contributed by atoms with van der Waals surface area (Å²) in [6.45, 7) is 2.02. The van der Waals surface area contributed by atoms with Crippen molar-refractivity contribution in [3.63, 3.8) is 0 Å². The van der Waals surface area contributed by atoms with Crippen molar-refractivity contribution in [1.29, 1.82) is 0 Å². The summed E-state index contributed by atoms with van der Waals surface area (Å²) in [6.07, 6.45) is 0. The Kier molecular flexibility index (Phi) is 3.35. The van der Waals surface area contributed by atoms with E-state index in [2.05, 4.69) is 24.3 Å². The molecule has 0 unspecified atom stereocenters. The molecule has 112 valence electrons. The summed E-state index contributed by atoms with van der Waals surface area (Å²) >= 11 is 0. The maximum absolute atomic E-state index is 6.07. The molecule has 0 atom stereocenters. The second kappa shape index (κ2) is 5.65. The Morgan fingerprint density at radius 2 is 1.26 bits per heavy atom. The first-order chi connectivity index (χ1) is 11.3. The zero-order chi connectivity index (χ0) is 15.6. The number of aryl methyl sites for hydroxylation is 1. The van der Waals surface area contributed by atoms with Crippen molar-refractivity contribution in [1.82, 2.24) is 0 Å². The SMILES string of the molecule is Cc1cccc2c1OC(=C(c1ccccc1)c1ccccc1)O2. The number of rotatable bonds is 2. The lowest BCUT2D eigenvalue weighted by atomic mass is 9.99. The fraction of sp³-hybridized carbons (Fsp3) is 0.0476. The van der Waals surface area contributed by atoms with Gasteiger partial charge in [-0.05, 0) is 29.7 Å². The van der Waals surface area contributed by atoms with Crippen LogP contribution in [-0.2, 0) is 0 Å². The quantitative estimate of drug-likeness (QED) is 0.649. The second-order valence-electron chi connectivity index (χ2n) is 5.50. The molecule has 2 nitrogen and oxygen atoms in total. The van der Waals surface area contributed by atoms with Crippen LogP contribution in [0.3, 0.4) is 0 Å². The molecular weight excluding hydrogens is 284 g/mol. The van der Waals surface area contributed by atoms with Gasteiger partial charge in [0.1, 0.15) is 0 Å². The van der Waals surface area contributed by atoms with Crippen LogP contribution < -0.4 is 9.47 Å². The lowest BCUT2D eigenvalue weighted by Gasteiger charge is -2.10. The maximum Gasteiger partial charge on any atom is 0.299 e. The molecule has 4 rings (SSSR count). The highest BCUT2D eigenvalue weighted by Crippen LogP contribution is 2.42. The van der Waals surface area contributed by atoms with Gasteiger partial charge in [0.2, 0.25) is 0 Å². The van der Waals surface area contributed by atoms with E-state index in [1.807, 2.05) is 61.5 Å². The van der Waals surface area contributed by atoms with E-state index in [-0.39, 0.29) is 0 Å². The molecule has 1 aliphatic heterocycles. The minimum Gasteiger partial charge on any atom is -0.421 e. The van der Waals surface area contributed by atoms with Crippen LogP contribution in [0.4, 0.5) is 0 Å². The first-order valence-corrected chi connectivity index (χ1v) is 7.63. The molecule has 23 heavy (non-hydrogen) atoms. The molecule has 0 radical (unpaired) electrons. The minimum absolute atomic E-state index is 0.534. The van der Waals surface area contributed by atoms with E-state index in [9.17, 15) is 0 Å². The van der Waals surface area contributed by atoms with Crippen molar-refractivity contribution in [3.05, 3.63) is 101 Å². The van der Waals surface area contributed by atoms with E-state index in [1.54, 1.807) is 0 Å². The molecule has 3 aromatic carbocycles. The molecule has 0 bridgehead atoms. The molecule has 0 saturated carbocycles. The van der Waals surface area contributed by atoms with Crippen molar-refractivity contribution < 1.29 is 9.47 Å². The van der Waals surface area contributed by atoms with Crippen LogP contribution in [0.5, 0.6) is 11.5 Å². The van der Waals surface area contributed by atoms with Gasteiger partial charge in [0.25, 0.3) is 5.95 Å². The number of para-hydroxylation sites is 1. The Hall–Kier alpha value is -3.00. The molecule has 1 aliphatic rings. The van der Waals surface area contributed by atoms with E-state index in [0.29, 0.717) is 5.95 Å². The van der Waals surface area contributed by atoms with Crippen LogP contribution in [0.1, 0.15) is 16.7 Å². The van der Waals surface area contributed by atoms with Gasteiger partial charge in [-0.3, -0.25) is 0 Å². The predicted molar refractivity (Wildman–Crippen MR) is 91.3 cm³/mol. The zero-order valence-electron chi connectivity index (χ0n) is 12.8. The third kappa shape index (κ3) is 2.49. The molecule has 0 spiro atoms. The van der Waals surface area contributed by atoms with E-state index in [4.69, 9.17) is 9.47 Å². The van der Waals surface area contributed by atoms with Crippen LogP contribution in [0.25, 0.3) is 5.57 Å². The maximum atomic E-state index is 6.07. The number of ether oxygens (including phenoxy) is 2. The van der Waals surface area contributed by atoms with E-state index < -0.39 is 0 Å². The number of benzene rings is 3. The highest BCUT2D eigenvalue weighted by atomic mass is 16.7. The van der Waals surface area contributed by atoms with Gasteiger partial charge in [-0.15, -0.1) is 0 Å². The topological polar surface area (TPSA) is 18.5 Å². The Balaban J connectivity index is 1.89. The van der Waals surface area contributed by atoms with Crippen molar-refractivity contribution in [3.8, 4) is 11.5 Å². The zero-order valence-corrected chi connectivity index (χ0v) is 12.8. The Labute approximate surface area is 135 Å². The largest absolute Gasteiger partial charge is 0.421 e. The fourth-order valence-corrected chi connectivity index (χ4v) is 2.76. The summed E-state index contributed by atoms with van der Waals surface area (Å²) < 4.78 is 12.1. The van der Waals surface area contributed by atoms with E-state index in [0.717, 1.165) is 33.8 Å². The summed E-state index contributed by atoms with van der Waals surface area (Å²) in [4.78, 5) is 0. The van der Waals surface area contributed by atoms with Gasteiger partial charge >= 0.3 is 0 Å². The number of hydrogen-bond donors (Lipinski definition) is 0. The van der Waals surface area contributed by atoms with Crippen LogP contribution in [-0.4, -0.2) is 0 Å². The summed E-state index contributed by atoms with van der Waals surface area (Å²) in [6, 6.07) is 26.3. The second-order valence-corrected chi connectivity index (χ2v) is 5.50. The Morgan fingerprint density at radius 1 is 0.652 bits per heavy atom.